The van der Waals surface area contributed by atoms with Crippen LogP contribution in [0.4, 0.5) is 4.39 Å². The van der Waals surface area contributed by atoms with Gasteiger partial charge in [0.05, 0.1) is 13.1 Å². The van der Waals surface area contributed by atoms with Crippen molar-refractivity contribution in [2.24, 2.45) is 4.99 Å². The normalized spacial score (nSPS) is 11.0. The van der Waals surface area contributed by atoms with Gasteiger partial charge in [-0.15, -0.1) is 24.0 Å². The first-order valence-corrected chi connectivity index (χ1v) is 9.05. The standard InChI is InChI=1S/C21H24FN5.HI/c1-2-23-21(24-14-17-7-9-20(22)10-8-17)25-15-18-5-3-6-19(13-18)16-27-12-4-11-26-27;/h3-13H,2,14-16H2,1H3,(H2,23,24,25);1H. The van der Waals surface area contributed by atoms with Gasteiger partial charge in [0.1, 0.15) is 5.82 Å². The van der Waals surface area contributed by atoms with Crippen LogP contribution in [0.3, 0.4) is 0 Å². The fraction of sp³-hybridized carbons (Fsp3) is 0.238. The summed E-state index contributed by atoms with van der Waals surface area (Å²) in [6.07, 6.45) is 3.73. The minimum atomic E-state index is -0.227. The predicted octanol–water partition coefficient (Wildman–Crippen LogP) is 3.94. The van der Waals surface area contributed by atoms with Crippen molar-refractivity contribution in [1.82, 2.24) is 20.4 Å². The third-order valence-corrected chi connectivity index (χ3v) is 4.03. The minimum Gasteiger partial charge on any atom is -0.357 e. The van der Waals surface area contributed by atoms with Crippen molar-refractivity contribution in [2.45, 2.75) is 26.6 Å². The number of nitrogens with one attached hydrogen (secondary N) is 2. The monoisotopic (exact) mass is 493 g/mol. The van der Waals surface area contributed by atoms with Crippen molar-refractivity contribution in [3.63, 3.8) is 0 Å². The molecule has 0 saturated carbocycles. The summed E-state index contributed by atoms with van der Waals surface area (Å²) in [5, 5.41) is 10.8. The van der Waals surface area contributed by atoms with Gasteiger partial charge in [-0.05, 0) is 41.8 Å². The lowest BCUT2D eigenvalue weighted by Gasteiger charge is -2.12. The molecule has 0 aliphatic carbocycles. The Morgan fingerprint density at radius 3 is 2.54 bits per heavy atom. The smallest absolute Gasteiger partial charge is 0.191 e. The number of halogens is 2. The number of aromatic nitrogens is 2. The molecule has 0 fully saturated rings. The Morgan fingerprint density at radius 1 is 1.04 bits per heavy atom. The van der Waals surface area contributed by atoms with E-state index in [1.165, 1.54) is 17.7 Å². The average Bonchev–Trinajstić information content (AvgIpc) is 3.18. The fourth-order valence-corrected chi connectivity index (χ4v) is 2.71. The van der Waals surface area contributed by atoms with E-state index in [-0.39, 0.29) is 29.8 Å². The van der Waals surface area contributed by atoms with Gasteiger partial charge in [0.2, 0.25) is 0 Å². The van der Waals surface area contributed by atoms with Crippen molar-refractivity contribution in [3.05, 3.63) is 89.5 Å². The first-order chi connectivity index (χ1) is 13.2. The fourth-order valence-electron chi connectivity index (χ4n) is 2.71. The largest absolute Gasteiger partial charge is 0.357 e. The Bertz CT molecular complexity index is 863. The lowest BCUT2D eigenvalue weighted by Crippen LogP contribution is -2.36. The summed E-state index contributed by atoms with van der Waals surface area (Å²) >= 11 is 0. The van der Waals surface area contributed by atoms with Gasteiger partial charge in [-0.2, -0.15) is 5.10 Å². The van der Waals surface area contributed by atoms with Crippen LogP contribution in [0.1, 0.15) is 23.6 Å². The number of benzene rings is 2. The van der Waals surface area contributed by atoms with E-state index in [0.29, 0.717) is 13.1 Å². The molecular formula is C21H25FIN5. The quantitative estimate of drug-likeness (QED) is 0.298. The molecule has 2 N–H and O–H groups in total. The van der Waals surface area contributed by atoms with Gasteiger partial charge >= 0.3 is 0 Å². The Kier molecular flexibility index (Phi) is 8.93. The van der Waals surface area contributed by atoms with Crippen LogP contribution in [0.25, 0.3) is 0 Å². The topological polar surface area (TPSA) is 54.2 Å². The molecule has 0 saturated heterocycles. The molecule has 0 spiro atoms. The maximum atomic E-state index is 13.0. The van der Waals surface area contributed by atoms with E-state index in [4.69, 9.17) is 0 Å². The third-order valence-electron chi connectivity index (χ3n) is 4.03. The van der Waals surface area contributed by atoms with E-state index in [9.17, 15) is 4.39 Å². The van der Waals surface area contributed by atoms with Crippen molar-refractivity contribution in [2.75, 3.05) is 6.54 Å². The third kappa shape index (κ3) is 6.95. The Morgan fingerprint density at radius 2 is 1.82 bits per heavy atom. The van der Waals surface area contributed by atoms with Gasteiger partial charge in [-0.1, -0.05) is 36.4 Å². The van der Waals surface area contributed by atoms with Gasteiger partial charge in [0.15, 0.2) is 5.96 Å². The maximum Gasteiger partial charge on any atom is 0.191 e. The van der Waals surface area contributed by atoms with Gasteiger partial charge in [0, 0.05) is 25.5 Å². The zero-order valence-corrected chi connectivity index (χ0v) is 18.1. The van der Waals surface area contributed by atoms with Crippen LogP contribution >= 0.6 is 24.0 Å². The number of guanidine groups is 1. The van der Waals surface area contributed by atoms with E-state index in [1.807, 2.05) is 29.9 Å². The highest BCUT2D eigenvalue weighted by Gasteiger charge is 2.01. The molecule has 0 unspecified atom stereocenters. The lowest BCUT2D eigenvalue weighted by molar-refractivity contribution is 0.626. The van der Waals surface area contributed by atoms with Crippen LogP contribution in [0, 0.1) is 5.82 Å². The summed E-state index contributed by atoms with van der Waals surface area (Å²) < 4.78 is 14.9. The summed E-state index contributed by atoms with van der Waals surface area (Å²) in [5.41, 5.74) is 3.33. The molecule has 28 heavy (non-hydrogen) atoms. The zero-order chi connectivity index (χ0) is 18.9. The van der Waals surface area contributed by atoms with E-state index in [0.717, 1.165) is 30.2 Å². The van der Waals surface area contributed by atoms with Crippen molar-refractivity contribution in [3.8, 4) is 0 Å². The zero-order valence-electron chi connectivity index (χ0n) is 15.8. The van der Waals surface area contributed by atoms with Crippen molar-refractivity contribution in [1.29, 1.82) is 0 Å². The van der Waals surface area contributed by atoms with Gasteiger partial charge in [-0.25, -0.2) is 9.38 Å². The van der Waals surface area contributed by atoms with Crippen molar-refractivity contribution >= 4 is 29.9 Å². The summed E-state index contributed by atoms with van der Waals surface area (Å²) in [6.45, 7) is 4.71. The van der Waals surface area contributed by atoms with Gasteiger partial charge in [-0.3, -0.25) is 4.68 Å². The molecule has 1 aromatic heterocycles. The Balaban J connectivity index is 0.00000280. The molecule has 3 aromatic rings. The number of hydrogen-bond donors (Lipinski definition) is 2. The van der Waals surface area contributed by atoms with Crippen LogP contribution in [-0.4, -0.2) is 22.3 Å². The number of rotatable bonds is 7. The van der Waals surface area contributed by atoms with Crippen LogP contribution in [0.5, 0.6) is 0 Å². The van der Waals surface area contributed by atoms with Crippen molar-refractivity contribution < 1.29 is 4.39 Å². The Labute approximate surface area is 182 Å². The molecule has 0 atom stereocenters. The number of aliphatic imine (C=N–C) groups is 1. The van der Waals surface area contributed by atoms with Gasteiger partial charge in [0.25, 0.3) is 0 Å². The first kappa shape index (κ1) is 21.9. The van der Waals surface area contributed by atoms with Crippen LogP contribution < -0.4 is 10.6 Å². The molecule has 0 bridgehead atoms. The second kappa shape index (κ2) is 11.4. The number of hydrogen-bond acceptors (Lipinski definition) is 2. The van der Waals surface area contributed by atoms with Gasteiger partial charge < -0.3 is 10.6 Å². The number of nitrogens with zero attached hydrogens (tertiary/aromatic N) is 3. The molecule has 7 heteroatoms. The maximum absolute atomic E-state index is 13.0. The summed E-state index contributed by atoms with van der Waals surface area (Å²) in [7, 11) is 0. The predicted molar refractivity (Wildman–Crippen MR) is 121 cm³/mol. The van der Waals surface area contributed by atoms with Crippen LogP contribution in [0.15, 0.2) is 72.0 Å². The van der Waals surface area contributed by atoms with E-state index < -0.39 is 0 Å². The summed E-state index contributed by atoms with van der Waals surface area (Å²) in [4.78, 5) is 4.65. The highest BCUT2D eigenvalue weighted by Crippen LogP contribution is 2.08. The molecule has 5 nitrogen and oxygen atoms in total. The van der Waals surface area contributed by atoms with Crippen LogP contribution in [0.2, 0.25) is 0 Å². The van der Waals surface area contributed by atoms with E-state index in [1.54, 1.807) is 18.3 Å². The molecule has 3 rings (SSSR count). The minimum absolute atomic E-state index is 0. The molecule has 0 radical (unpaired) electrons. The van der Waals surface area contributed by atoms with Crippen LogP contribution in [-0.2, 0) is 19.6 Å². The Hall–Kier alpha value is -2.42. The van der Waals surface area contributed by atoms with E-state index >= 15 is 0 Å². The molecule has 0 aliphatic heterocycles. The molecule has 2 aromatic carbocycles. The molecular weight excluding hydrogens is 468 g/mol. The SMILES string of the molecule is CCNC(=NCc1cccc(Cn2cccn2)c1)NCc1ccc(F)cc1.I. The molecule has 148 valence electrons. The first-order valence-electron chi connectivity index (χ1n) is 9.05. The summed E-state index contributed by atoms with van der Waals surface area (Å²) in [5.74, 6) is 0.508. The lowest BCUT2D eigenvalue weighted by atomic mass is 10.1. The molecule has 0 amide bonds. The highest BCUT2D eigenvalue weighted by atomic mass is 127. The molecule has 0 aliphatic rings. The molecule has 1 heterocycles. The average molecular weight is 493 g/mol. The van der Waals surface area contributed by atoms with E-state index in [2.05, 4.69) is 38.9 Å². The second-order valence-corrected chi connectivity index (χ2v) is 6.20. The second-order valence-electron chi connectivity index (χ2n) is 6.20. The summed E-state index contributed by atoms with van der Waals surface area (Å²) in [6, 6.07) is 16.7. The highest BCUT2D eigenvalue weighted by molar-refractivity contribution is 14.0.